The molecule has 0 saturated heterocycles. The maximum atomic E-state index is 12.9. The Morgan fingerprint density at radius 3 is 2.85 bits per heavy atom. The molecule has 5 nitrogen and oxygen atoms in total. The fourth-order valence-corrected chi connectivity index (χ4v) is 2.24. The van der Waals surface area contributed by atoms with Crippen molar-refractivity contribution < 1.29 is 13.9 Å². The van der Waals surface area contributed by atoms with Crippen LogP contribution in [-0.2, 0) is 4.74 Å². The topological polar surface area (TPSA) is 64.1 Å². The number of carbonyl (C=O) groups excluding carboxylic acids is 1. The monoisotopic (exact) mass is 295 g/mol. The molecule has 1 aromatic carbocycles. The highest BCUT2D eigenvalue weighted by Crippen LogP contribution is 2.23. The molecule has 0 aliphatic carbocycles. The van der Waals surface area contributed by atoms with Gasteiger partial charge in [-0.05, 0) is 42.2 Å². The van der Waals surface area contributed by atoms with Crippen molar-refractivity contribution in [3.63, 3.8) is 0 Å². The smallest absolute Gasteiger partial charge is 0.265 e. The Hall–Kier alpha value is -1.86. The Balaban J connectivity index is 2.08. The van der Waals surface area contributed by atoms with E-state index in [1.807, 2.05) is 0 Å². The van der Waals surface area contributed by atoms with Gasteiger partial charge in [-0.1, -0.05) is 4.49 Å². The Bertz CT molecular complexity index is 571. The molecule has 1 aromatic heterocycles. The molecule has 0 radical (unpaired) electrons. The third-order valence-electron chi connectivity index (χ3n) is 2.62. The molecule has 0 spiro atoms. The highest BCUT2D eigenvalue weighted by Gasteiger charge is 2.17. The van der Waals surface area contributed by atoms with Crippen molar-refractivity contribution in [2.75, 3.05) is 20.3 Å². The minimum atomic E-state index is -0.331. The van der Waals surface area contributed by atoms with E-state index in [0.717, 1.165) is 18.0 Å². The summed E-state index contributed by atoms with van der Waals surface area (Å²) in [5, 5.41) is 6.72. The summed E-state index contributed by atoms with van der Waals surface area (Å²) in [5.41, 5.74) is 1.14. The van der Waals surface area contributed by atoms with Crippen molar-refractivity contribution >= 4 is 17.4 Å². The molecule has 2 rings (SSSR count). The number of methoxy groups -OCH3 is 1. The van der Waals surface area contributed by atoms with Gasteiger partial charge >= 0.3 is 0 Å². The number of rotatable bonds is 6. The number of carbonyl (C=O) groups is 1. The van der Waals surface area contributed by atoms with Gasteiger partial charge in [0.05, 0.1) is 0 Å². The van der Waals surface area contributed by atoms with E-state index in [1.54, 1.807) is 19.2 Å². The first-order chi connectivity index (χ1) is 9.72. The highest BCUT2D eigenvalue weighted by atomic mass is 32.1. The summed E-state index contributed by atoms with van der Waals surface area (Å²) in [6, 6.07) is 5.81. The SMILES string of the molecule is COCCCNC(=O)c1snnc1-c1ccc(F)cc1. The minimum Gasteiger partial charge on any atom is -0.385 e. The number of aromatic nitrogens is 2. The second-order valence-electron chi connectivity index (χ2n) is 4.06. The molecule has 0 fully saturated rings. The van der Waals surface area contributed by atoms with Gasteiger partial charge in [-0.2, -0.15) is 0 Å². The predicted octanol–water partition coefficient (Wildman–Crippen LogP) is 2.11. The van der Waals surface area contributed by atoms with Crippen LogP contribution in [0.2, 0.25) is 0 Å². The molecule has 1 N–H and O–H groups in total. The van der Waals surface area contributed by atoms with E-state index in [4.69, 9.17) is 4.74 Å². The Kier molecular flexibility index (Phi) is 5.14. The van der Waals surface area contributed by atoms with Crippen LogP contribution in [0.15, 0.2) is 24.3 Å². The van der Waals surface area contributed by atoms with Crippen LogP contribution in [0.5, 0.6) is 0 Å². The zero-order valence-electron chi connectivity index (χ0n) is 10.9. The van der Waals surface area contributed by atoms with Crippen LogP contribution < -0.4 is 5.32 Å². The third kappa shape index (κ3) is 3.58. The first kappa shape index (κ1) is 14.5. The van der Waals surface area contributed by atoms with Crippen molar-refractivity contribution in [2.45, 2.75) is 6.42 Å². The average molecular weight is 295 g/mol. The maximum Gasteiger partial charge on any atom is 0.265 e. The number of amides is 1. The van der Waals surface area contributed by atoms with Gasteiger partial charge in [0.2, 0.25) is 0 Å². The quantitative estimate of drug-likeness (QED) is 0.829. The van der Waals surface area contributed by atoms with E-state index in [1.165, 1.54) is 12.1 Å². The Morgan fingerprint density at radius 2 is 2.15 bits per heavy atom. The summed E-state index contributed by atoms with van der Waals surface area (Å²) in [5.74, 6) is -0.557. The molecule has 0 aliphatic heterocycles. The van der Waals surface area contributed by atoms with E-state index in [0.29, 0.717) is 29.3 Å². The van der Waals surface area contributed by atoms with Crippen molar-refractivity contribution in [1.29, 1.82) is 0 Å². The normalized spacial score (nSPS) is 10.5. The number of benzene rings is 1. The van der Waals surface area contributed by atoms with Gasteiger partial charge in [0.25, 0.3) is 5.91 Å². The summed E-state index contributed by atoms with van der Waals surface area (Å²) in [7, 11) is 1.61. The molecule has 0 aliphatic rings. The first-order valence-corrected chi connectivity index (χ1v) is 6.85. The molecular weight excluding hydrogens is 281 g/mol. The van der Waals surface area contributed by atoms with Gasteiger partial charge in [-0.15, -0.1) is 5.10 Å². The van der Waals surface area contributed by atoms with E-state index in [2.05, 4.69) is 14.9 Å². The summed E-state index contributed by atoms with van der Waals surface area (Å²) in [4.78, 5) is 12.5. The van der Waals surface area contributed by atoms with Crippen molar-refractivity contribution in [1.82, 2.24) is 14.9 Å². The van der Waals surface area contributed by atoms with Crippen molar-refractivity contribution in [2.24, 2.45) is 0 Å². The van der Waals surface area contributed by atoms with Gasteiger partial charge in [-0.25, -0.2) is 4.39 Å². The summed E-state index contributed by atoms with van der Waals surface area (Å²) < 4.78 is 21.6. The molecule has 106 valence electrons. The van der Waals surface area contributed by atoms with E-state index in [-0.39, 0.29) is 11.7 Å². The van der Waals surface area contributed by atoms with Crippen molar-refractivity contribution in [3.8, 4) is 11.3 Å². The molecule has 20 heavy (non-hydrogen) atoms. The Labute approximate surface area is 119 Å². The number of ether oxygens (including phenoxy) is 1. The standard InChI is InChI=1S/C13H14FN3O2S/c1-19-8-2-7-15-13(18)12-11(16-17-20-12)9-3-5-10(14)6-4-9/h3-6H,2,7-8H2,1H3,(H,15,18). The lowest BCUT2D eigenvalue weighted by Crippen LogP contribution is -2.24. The van der Waals surface area contributed by atoms with Crippen LogP contribution in [0.25, 0.3) is 11.3 Å². The molecule has 0 atom stereocenters. The summed E-state index contributed by atoms with van der Waals surface area (Å²) >= 11 is 1.02. The number of halogens is 1. The summed E-state index contributed by atoms with van der Waals surface area (Å²) in [6.45, 7) is 1.11. The highest BCUT2D eigenvalue weighted by molar-refractivity contribution is 7.08. The van der Waals surface area contributed by atoms with Crippen LogP contribution in [-0.4, -0.2) is 35.8 Å². The second kappa shape index (κ2) is 7.06. The average Bonchev–Trinajstić information content (AvgIpc) is 2.93. The zero-order valence-corrected chi connectivity index (χ0v) is 11.7. The maximum absolute atomic E-state index is 12.9. The predicted molar refractivity (Wildman–Crippen MR) is 74.1 cm³/mol. The molecule has 0 unspecified atom stereocenters. The van der Waals surface area contributed by atoms with Crippen LogP contribution in [0.4, 0.5) is 4.39 Å². The number of hydrogen-bond acceptors (Lipinski definition) is 5. The van der Waals surface area contributed by atoms with E-state index >= 15 is 0 Å². The van der Waals surface area contributed by atoms with Crippen LogP contribution in [0.1, 0.15) is 16.1 Å². The number of nitrogens with zero attached hydrogens (tertiary/aromatic N) is 2. The molecule has 0 bridgehead atoms. The lowest BCUT2D eigenvalue weighted by molar-refractivity contribution is 0.0953. The molecule has 0 saturated carbocycles. The summed E-state index contributed by atoms with van der Waals surface area (Å²) in [6.07, 6.45) is 0.736. The first-order valence-electron chi connectivity index (χ1n) is 6.08. The molecule has 1 heterocycles. The van der Waals surface area contributed by atoms with Crippen LogP contribution in [0, 0.1) is 5.82 Å². The third-order valence-corrected chi connectivity index (χ3v) is 3.35. The molecule has 2 aromatic rings. The van der Waals surface area contributed by atoms with Gasteiger partial charge in [0.15, 0.2) is 0 Å². The largest absolute Gasteiger partial charge is 0.385 e. The lowest BCUT2D eigenvalue weighted by Gasteiger charge is -2.04. The Morgan fingerprint density at radius 1 is 1.40 bits per heavy atom. The fourth-order valence-electron chi connectivity index (χ4n) is 1.63. The van der Waals surface area contributed by atoms with Crippen LogP contribution in [0.3, 0.4) is 0 Å². The molecule has 1 amide bonds. The molecular formula is C13H14FN3O2S. The fraction of sp³-hybridized carbons (Fsp3) is 0.308. The lowest BCUT2D eigenvalue weighted by atomic mass is 10.1. The van der Waals surface area contributed by atoms with Crippen LogP contribution >= 0.6 is 11.5 Å². The van der Waals surface area contributed by atoms with E-state index < -0.39 is 0 Å². The minimum absolute atomic E-state index is 0.226. The van der Waals surface area contributed by atoms with Crippen molar-refractivity contribution in [3.05, 3.63) is 35.0 Å². The molecule has 7 heteroatoms. The number of nitrogens with one attached hydrogen (secondary N) is 1. The van der Waals surface area contributed by atoms with Gasteiger partial charge in [0.1, 0.15) is 16.4 Å². The zero-order chi connectivity index (χ0) is 14.4. The van der Waals surface area contributed by atoms with Gasteiger partial charge in [-0.3, -0.25) is 4.79 Å². The van der Waals surface area contributed by atoms with Gasteiger partial charge < -0.3 is 10.1 Å². The van der Waals surface area contributed by atoms with Gasteiger partial charge in [0, 0.05) is 25.8 Å². The van der Waals surface area contributed by atoms with E-state index in [9.17, 15) is 9.18 Å². The number of hydrogen-bond donors (Lipinski definition) is 1. The second-order valence-corrected chi connectivity index (χ2v) is 4.81.